The second kappa shape index (κ2) is 7.72. The Balaban J connectivity index is 1.66. The molecule has 2 N–H and O–H groups in total. The molecule has 0 fully saturated rings. The maximum absolute atomic E-state index is 12.9. The highest BCUT2D eigenvalue weighted by Gasteiger charge is 2.22. The Morgan fingerprint density at radius 1 is 1.22 bits per heavy atom. The zero-order valence-corrected chi connectivity index (χ0v) is 14.1. The van der Waals surface area contributed by atoms with E-state index in [9.17, 15) is 18.4 Å². The fourth-order valence-electron chi connectivity index (χ4n) is 2.37. The predicted octanol–water partition coefficient (Wildman–Crippen LogP) is 1.19. The lowest BCUT2D eigenvalue weighted by atomic mass is 10.2. The molecule has 3 aromatic heterocycles. The lowest BCUT2D eigenvalue weighted by Gasteiger charge is -2.10. The molecule has 3 heterocycles. The summed E-state index contributed by atoms with van der Waals surface area (Å²) in [6, 6.07) is 5.12. The first-order valence-corrected chi connectivity index (χ1v) is 7.80. The number of pyridine rings is 1. The van der Waals surface area contributed by atoms with Gasteiger partial charge in [-0.05, 0) is 12.1 Å². The lowest BCUT2D eigenvalue weighted by molar-refractivity contribution is -0.136. The summed E-state index contributed by atoms with van der Waals surface area (Å²) in [7, 11) is 1.43. The van der Waals surface area contributed by atoms with E-state index in [1.165, 1.54) is 17.9 Å². The van der Waals surface area contributed by atoms with E-state index >= 15 is 0 Å². The van der Waals surface area contributed by atoms with Crippen LogP contribution in [-0.4, -0.2) is 36.4 Å². The van der Waals surface area contributed by atoms with Gasteiger partial charge in [-0.15, -0.1) is 0 Å². The topological polar surface area (TPSA) is 107 Å². The lowest BCUT2D eigenvalue weighted by Crippen LogP contribution is -2.35. The normalized spacial score (nSPS) is 10.8. The Morgan fingerprint density at radius 3 is 2.74 bits per heavy atom. The number of aryl methyl sites for hydroxylation is 1. The van der Waals surface area contributed by atoms with Crippen LogP contribution in [0.15, 0.2) is 43.0 Å². The Bertz CT molecular complexity index is 954. The van der Waals surface area contributed by atoms with Gasteiger partial charge >= 0.3 is 11.8 Å². The number of alkyl halides is 2. The van der Waals surface area contributed by atoms with Gasteiger partial charge in [-0.1, -0.05) is 6.07 Å². The predicted molar refractivity (Wildman–Crippen MR) is 90.0 cm³/mol. The molecule has 0 aromatic carbocycles. The van der Waals surface area contributed by atoms with Gasteiger partial charge in [0.05, 0.1) is 5.69 Å². The molecule has 0 spiro atoms. The zero-order chi connectivity index (χ0) is 19.4. The van der Waals surface area contributed by atoms with Crippen LogP contribution in [0, 0.1) is 0 Å². The molecular formula is C16H15F2N7O2. The molecule has 0 atom stereocenters. The van der Waals surface area contributed by atoms with Gasteiger partial charge in [-0.3, -0.25) is 14.3 Å². The van der Waals surface area contributed by atoms with Crippen LogP contribution in [0.25, 0.3) is 5.82 Å². The molecule has 2 amide bonds. The maximum atomic E-state index is 12.9. The van der Waals surface area contributed by atoms with Gasteiger partial charge in [0.25, 0.3) is 6.43 Å². The van der Waals surface area contributed by atoms with Crippen LogP contribution in [0.4, 0.5) is 14.5 Å². The highest BCUT2D eigenvalue weighted by Crippen LogP contribution is 2.24. The molecule has 0 saturated heterocycles. The van der Waals surface area contributed by atoms with Crippen LogP contribution >= 0.6 is 0 Å². The number of aromatic nitrogens is 5. The summed E-state index contributed by atoms with van der Waals surface area (Å²) in [5.74, 6) is -1.56. The van der Waals surface area contributed by atoms with Crippen LogP contribution in [0.1, 0.15) is 17.7 Å². The summed E-state index contributed by atoms with van der Waals surface area (Å²) in [6.07, 6.45) is 3.16. The fraction of sp³-hybridized carbons (Fsp3) is 0.188. The van der Waals surface area contributed by atoms with Crippen molar-refractivity contribution in [2.24, 2.45) is 7.05 Å². The number of halogens is 2. The summed E-state index contributed by atoms with van der Waals surface area (Å²) in [5, 5.41) is 12.2. The SMILES string of the molecule is Cn1cc(NC(=O)C(=O)NCc2cccnc2-n2cccn2)c(C(F)F)n1. The van der Waals surface area contributed by atoms with E-state index in [0.717, 1.165) is 4.68 Å². The summed E-state index contributed by atoms with van der Waals surface area (Å²) in [5.41, 5.74) is -0.199. The first-order chi connectivity index (χ1) is 13.0. The summed E-state index contributed by atoms with van der Waals surface area (Å²) in [4.78, 5) is 28.2. The van der Waals surface area contributed by atoms with E-state index in [1.54, 1.807) is 36.8 Å². The van der Waals surface area contributed by atoms with Gasteiger partial charge in [0.1, 0.15) is 0 Å². The maximum Gasteiger partial charge on any atom is 0.313 e. The van der Waals surface area contributed by atoms with E-state index in [0.29, 0.717) is 11.4 Å². The van der Waals surface area contributed by atoms with E-state index in [2.05, 4.69) is 25.8 Å². The molecule has 3 rings (SSSR count). The molecule has 0 aliphatic rings. The molecule has 140 valence electrons. The summed E-state index contributed by atoms with van der Waals surface area (Å²) in [6.45, 7) is 0.00400. The average Bonchev–Trinajstić information content (AvgIpc) is 3.29. The molecule has 0 unspecified atom stereocenters. The van der Waals surface area contributed by atoms with Crippen LogP contribution in [0.2, 0.25) is 0 Å². The summed E-state index contributed by atoms with van der Waals surface area (Å²) >= 11 is 0. The number of carbonyl (C=O) groups is 2. The number of hydrogen-bond acceptors (Lipinski definition) is 5. The first kappa shape index (κ1) is 18.2. The number of anilines is 1. The number of rotatable bonds is 5. The standard InChI is InChI=1S/C16H15F2N7O2/c1-24-9-11(12(23-24)13(17)18)22-16(27)15(26)20-8-10-4-2-5-19-14(10)25-7-3-6-21-25/h2-7,9,13H,8H2,1H3,(H,20,26)(H,22,27). The fourth-order valence-corrected chi connectivity index (χ4v) is 2.37. The molecule has 27 heavy (non-hydrogen) atoms. The molecule has 0 radical (unpaired) electrons. The van der Waals surface area contributed by atoms with Gasteiger partial charge in [0, 0.05) is 43.9 Å². The second-order valence-electron chi connectivity index (χ2n) is 5.48. The highest BCUT2D eigenvalue weighted by atomic mass is 19.3. The second-order valence-corrected chi connectivity index (χ2v) is 5.48. The minimum atomic E-state index is -2.88. The van der Waals surface area contributed by atoms with Crippen molar-refractivity contribution in [1.29, 1.82) is 0 Å². The van der Waals surface area contributed by atoms with Gasteiger partial charge in [0.2, 0.25) is 0 Å². The average molecular weight is 375 g/mol. The van der Waals surface area contributed by atoms with E-state index < -0.39 is 23.9 Å². The van der Waals surface area contributed by atoms with Gasteiger partial charge in [0.15, 0.2) is 11.5 Å². The number of hydrogen-bond donors (Lipinski definition) is 2. The van der Waals surface area contributed by atoms with Crippen molar-refractivity contribution in [2.75, 3.05) is 5.32 Å². The first-order valence-electron chi connectivity index (χ1n) is 7.80. The summed E-state index contributed by atoms with van der Waals surface area (Å²) < 4.78 is 28.4. The third-order valence-corrected chi connectivity index (χ3v) is 3.55. The van der Waals surface area contributed by atoms with E-state index in [4.69, 9.17) is 0 Å². The van der Waals surface area contributed by atoms with E-state index in [1.807, 2.05) is 0 Å². The van der Waals surface area contributed by atoms with Crippen LogP contribution in [0.3, 0.4) is 0 Å². The van der Waals surface area contributed by atoms with Crippen molar-refractivity contribution < 1.29 is 18.4 Å². The number of nitrogens with one attached hydrogen (secondary N) is 2. The van der Waals surface area contributed by atoms with Crippen LogP contribution in [0.5, 0.6) is 0 Å². The van der Waals surface area contributed by atoms with Crippen molar-refractivity contribution >= 4 is 17.5 Å². The Kier molecular flexibility index (Phi) is 5.20. The highest BCUT2D eigenvalue weighted by molar-refractivity contribution is 6.39. The van der Waals surface area contributed by atoms with Gasteiger partial charge in [-0.25, -0.2) is 18.4 Å². The molecule has 3 aromatic rings. The van der Waals surface area contributed by atoms with Crippen LogP contribution in [-0.2, 0) is 23.2 Å². The number of nitrogens with zero attached hydrogens (tertiary/aromatic N) is 5. The van der Waals surface area contributed by atoms with Gasteiger partial charge < -0.3 is 10.6 Å². The Hall–Kier alpha value is -3.63. The third-order valence-electron chi connectivity index (χ3n) is 3.55. The molecule has 9 nitrogen and oxygen atoms in total. The number of amides is 2. The van der Waals surface area contributed by atoms with E-state index in [-0.39, 0.29) is 12.2 Å². The van der Waals surface area contributed by atoms with Crippen molar-refractivity contribution in [3.05, 3.63) is 54.2 Å². The van der Waals surface area contributed by atoms with Crippen molar-refractivity contribution in [2.45, 2.75) is 13.0 Å². The van der Waals surface area contributed by atoms with Crippen molar-refractivity contribution in [1.82, 2.24) is 29.9 Å². The monoisotopic (exact) mass is 375 g/mol. The van der Waals surface area contributed by atoms with Crippen molar-refractivity contribution in [3.63, 3.8) is 0 Å². The molecular weight excluding hydrogens is 360 g/mol. The molecule has 0 saturated carbocycles. The quantitative estimate of drug-likeness (QED) is 0.652. The van der Waals surface area contributed by atoms with Gasteiger partial charge in [-0.2, -0.15) is 10.2 Å². The molecule has 11 heteroatoms. The largest absolute Gasteiger partial charge is 0.344 e. The minimum Gasteiger partial charge on any atom is -0.344 e. The Morgan fingerprint density at radius 2 is 2.04 bits per heavy atom. The zero-order valence-electron chi connectivity index (χ0n) is 14.1. The molecule has 0 aliphatic heterocycles. The molecule has 0 aliphatic carbocycles. The minimum absolute atomic E-state index is 0.00400. The molecule has 0 bridgehead atoms. The van der Waals surface area contributed by atoms with Crippen molar-refractivity contribution in [3.8, 4) is 5.82 Å². The Labute approximate surface area is 152 Å². The van der Waals surface area contributed by atoms with Crippen LogP contribution < -0.4 is 10.6 Å². The third kappa shape index (κ3) is 4.14. The smallest absolute Gasteiger partial charge is 0.313 e. The number of carbonyl (C=O) groups excluding carboxylic acids is 2.